The Morgan fingerprint density at radius 1 is 1.30 bits per heavy atom. The van der Waals surface area contributed by atoms with Crippen LogP contribution in [0.4, 0.5) is 16.2 Å². The normalized spacial score (nSPS) is 14.3. The van der Waals surface area contributed by atoms with Crippen LogP contribution < -0.4 is 15.5 Å². The number of ether oxygens (including phenoxy) is 2. The monoisotopic (exact) mass is 319 g/mol. The van der Waals surface area contributed by atoms with Crippen LogP contribution in [0.2, 0.25) is 0 Å². The van der Waals surface area contributed by atoms with Gasteiger partial charge in [-0.15, -0.1) is 0 Å². The molecule has 8 heteroatoms. The number of carbonyl (C=O) groups is 3. The molecule has 2 rings (SSSR count). The van der Waals surface area contributed by atoms with Crippen LogP contribution in [0.5, 0.6) is 0 Å². The van der Waals surface area contributed by atoms with Crippen LogP contribution in [0.3, 0.4) is 0 Å². The van der Waals surface area contributed by atoms with Crippen molar-refractivity contribution in [2.45, 2.75) is 0 Å². The summed E-state index contributed by atoms with van der Waals surface area (Å²) in [5.41, 5.74) is 1.14. The number of hydrogen-bond acceptors (Lipinski definition) is 6. The summed E-state index contributed by atoms with van der Waals surface area (Å²) in [6.07, 6.45) is 1.00. The van der Waals surface area contributed by atoms with Crippen LogP contribution in [-0.4, -0.2) is 45.3 Å². The first kappa shape index (κ1) is 16.3. The lowest BCUT2D eigenvalue weighted by molar-refractivity contribution is -0.138. The lowest BCUT2D eigenvalue weighted by Gasteiger charge is -2.16. The Hall–Kier alpha value is -3.03. The molecule has 0 aromatic heterocycles. The Bertz CT molecular complexity index is 656. The number of anilines is 2. The van der Waals surface area contributed by atoms with Gasteiger partial charge in [-0.05, 0) is 18.2 Å². The molecule has 2 N–H and O–H groups in total. The van der Waals surface area contributed by atoms with E-state index in [9.17, 15) is 14.4 Å². The maximum Gasteiger partial charge on any atom is 0.354 e. The average molecular weight is 319 g/mol. The summed E-state index contributed by atoms with van der Waals surface area (Å²) < 4.78 is 9.13. The summed E-state index contributed by atoms with van der Waals surface area (Å²) in [6, 6.07) is 6.72. The molecule has 23 heavy (non-hydrogen) atoms. The highest BCUT2D eigenvalue weighted by atomic mass is 16.5. The Labute approximate surface area is 133 Å². The fourth-order valence-corrected chi connectivity index (χ4v) is 2.06. The molecule has 0 saturated carbocycles. The van der Waals surface area contributed by atoms with E-state index in [0.717, 1.165) is 6.08 Å². The van der Waals surface area contributed by atoms with Crippen LogP contribution in [-0.2, 0) is 19.1 Å². The van der Waals surface area contributed by atoms with Gasteiger partial charge in [0.25, 0.3) is 0 Å². The number of nitrogens with zero attached hydrogens (tertiary/aromatic N) is 1. The van der Waals surface area contributed by atoms with Crippen molar-refractivity contribution in [2.24, 2.45) is 0 Å². The van der Waals surface area contributed by atoms with E-state index in [-0.39, 0.29) is 11.7 Å². The third-order valence-corrected chi connectivity index (χ3v) is 3.16. The van der Waals surface area contributed by atoms with Gasteiger partial charge in [0.1, 0.15) is 5.70 Å². The summed E-state index contributed by atoms with van der Waals surface area (Å²) in [5.74, 6) is -1.40. The molecule has 0 aliphatic carbocycles. The number of carbonyl (C=O) groups excluding carboxylic acids is 3. The largest absolute Gasteiger partial charge is 0.466 e. The summed E-state index contributed by atoms with van der Waals surface area (Å²) in [4.78, 5) is 36.3. The lowest BCUT2D eigenvalue weighted by Crippen LogP contribution is -2.27. The van der Waals surface area contributed by atoms with Gasteiger partial charge in [-0.2, -0.15) is 0 Å². The Balaban J connectivity index is 2.23. The van der Waals surface area contributed by atoms with E-state index in [1.54, 1.807) is 29.2 Å². The fraction of sp³-hybridized carbons (Fsp3) is 0.267. The Kier molecular flexibility index (Phi) is 5.19. The second kappa shape index (κ2) is 7.30. The topological polar surface area (TPSA) is 97.0 Å². The van der Waals surface area contributed by atoms with Crippen molar-refractivity contribution in [1.29, 1.82) is 0 Å². The number of nitrogens with one attached hydrogen (secondary N) is 2. The number of amides is 2. The van der Waals surface area contributed by atoms with Crippen LogP contribution in [0.1, 0.15) is 0 Å². The van der Waals surface area contributed by atoms with E-state index in [0.29, 0.717) is 24.5 Å². The zero-order valence-corrected chi connectivity index (χ0v) is 12.8. The SMILES string of the molecule is COC(=O)/C=C(/Nc1cccc(N2CCNC2=O)c1)C(=O)OC. The molecule has 1 aliphatic rings. The quantitative estimate of drug-likeness (QED) is 0.617. The van der Waals surface area contributed by atoms with Gasteiger partial charge in [-0.3, -0.25) is 4.90 Å². The third kappa shape index (κ3) is 4.00. The molecule has 0 spiro atoms. The maximum absolute atomic E-state index is 11.7. The van der Waals surface area contributed by atoms with Crippen molar-refractivity contribution in [3.05, 3.63) is 36.0 Å². The number of hydrogen-bond donors (Lipinski definition) is 2. The minimum Gasteiger partial charge on any atom is -0.466 e. The van der Waals surface area contributed by atoms with Crippen LogP contribution in [0.25, 0.3) is 0 Å². The number of urea groups is 1. The Morgan fingerprint density at radius 2 is 2.09 bits per heavy atom. The molecule has 0 atom stereocenters. The first-order chi connectivity index (χ1) is 11.0. The minimum atomic E-state index is -0.709. The van der Waals surface area contributed by atoms with E-state index < -0.39 is 11.9 Å². The second-order valence-electron chi connectivity index (χ2n) is 4.63. The van der Waals surface area contributed by atoms with Crippen molar-refractivity contribution in [1.82, 2.24) is 5.32 Å². The standard InChI is InChI=1S/C15H17N3O5/c1-22-13(19)9-12(14(20)23-2)17-10-4-3-5-11(8-10)18-7-6-16-15(18)21/h3-5,8-9,17H,6-7H2,1-2H3,(H,16,21)/b12-9+. The van der Waals surface area contributed by atoms with E-state index >= 15 is 0 Å². The summed E-state index contributed by atoms with van der Waals surface area (Å²) in [6.45, 7) is 1.14. The fourth-order valence-electron chi connectivity index (χ4n) is 2.06. The molecule has 1 aromatic carbocycles. The average Bonchev–Trinajstić information content (AvgIpc) is 2.99. The van der Waals surface area contributed by atoms with E-state index in [4.69, 9.17) is 0 Å². The highest BCUT2D eigenvalue weighted by Gasteiger charge is 2.21. The van der Waals surface area contributed by atoms with E-state index in [1.807, 2.05) is 0 Å². The summed E-state index contributed by atoms with van der Waals surface area (Å²) in [7, 11) is 2.42. The minimum absolute atomic E-state index is 0.0672. The van der Waals surface area contributed by atoms with Gasteiger partial charge in [0.05, 0.1) is 20.3 Å². The van der Waals surface area contributed by atoms with Gasteiger partial charge in [-0.25, -0.2) is 14.4 Å². The zero-order chi connectivity index (χ0) is 16.8. The van der Waals surface area contributed by atoms with Crippen molar-refractivity contribution < 1.29 is 23.9 Å². The highest BCUT2D eigenvalue weighted by Crippen LogP contribution is 2.22. The zero-order valence-electron chi connectivity index (χ0n) is 12.8. The molecule has 122 valence electrons. The first-order valence-electron chi connectivity index (χ1n) is 6.85. The van der Waals surface area contributed by atoms with Gasteiger partial charge < -0.3 is 20.1 Å². The van der Waals surface area contributed by atoms with Crippen molar-refractivity contribution in [2.75, 3.05) is 37.5 Å². The third-order valence-electron chi connectivity index (χ3n) is 3.16. The summed E-state index contributed by atoms with van der Waals surface area (Å²) in [5, 5.41) is 5.51. The highest BCUT2D eigenvalue weighted by molar-refractivity contribution is 5.99. The van der Waals surface area contributed by atoms with Crippen LogP contribution in [0, 0.1) is 0 Å². The molecule has 1 heterocycles. The van der Waals surface area contributed by atoms with Gasteiger partial charge in [0.15, 0.2) is 0 Å². The first-order valence-corrected chi connectivity index (χ1v) is 6.85. The summed E-state index contributed by atoms with van der Waals surface area (Å²) >= 11 is 0. The second-order valence-corrected chi connectivity index (χ2v) is 4.63. The molecular formula is C15H17N3O5. The van der Waals surface area contributed by atoms with Crippen LogP contribution >= 0.6 is 0 Å². The van der Waals surface area contributed by atoms with Gasteiger partial charge in [0.2, 0.25) is 0 Å². The van der Waals surface area contributed by atoms with Crippen molar-refractivity contribution in [3.63, 3.8) is 0 Å². The predicted octanol–water partition coefficient (Wildman–Crippen LogP) is 0.858. The molecule has 1 fully saturated rings. The number of esters is 2. The van der Waals surface area contributed by atoms with Gasteiger partial charge in [-0.1, -0.05) is 6.07 Å². The molecule has 0 bridgehead atoms. The lowest BCUT2D eigenvalue weighted by atomic mass is 10.2. The molecule has 8 nitrogen and oxygen atoms in total. The number of benzene rings is 1. The molecule has 2 amide bonds. The predicted molar refractivity (Wildman–Crippen MR) is 82.9 cm³/mol. The van der Waals surface area contributed by atoms with Crippen LogP contribution in [0.15, 0.2) is 36.0 Å². The molecule has 0 unspecified atom stereocenters. The maximum atomic E-state index is 11.7. The molecule has 1 saturated heterocycles. The van der Waals surface area contributed by atoms with Gasteiger partial charge in [0, 0.05) is 24.5 Å². The Morgan fingerprint density at radius 3 is 2.70 bits per heavy atom. The molecule has 0 radical (unpaired) electrons. The van der Waals surface area contributed by atoms with Crippen molar-refractivity contribution >= 4 is 29.3 Å². The molecule has 1 aromatic rings. The molecular weight excluding hydrogens is 302 g/mol. The van der Waals surface area contributed by atoms with E-state index in [2.05, 4.69) is 20.1 Å². The van der Waals surface area contributed by atoms with Gasteiger partial charge >= 0.3 is 18.0 Å². The molecule has 1 aliphatic heterocycles. The van der Waals surface area contributed by atoms with E-state index in [1.165, 1.54) is 14.2 Å². The smallest absolute Gasteiger partial charge is 0.354 e. The number of rotatable bonds is 5. The number of methoxy groups -OCH3 is 2. The van der Waals surface area contributed by atoms with Crippen molar-refractivity contribution in [3.8, 4) is 0 Å².